The first kappa shape index (κ1) is 28.9. The third kappa shape index (κ3) is 6.93. The zero-order valence-electron chi connectivity index (χ0n) is 22.7. The van der Waals surface area contributed by atoms with Crippen molar-refractivity contribution in [2.75, 3.05) is 19.0 Å². The minimum atomic E-state index is -1.57. The Labute approximate surface area is 233 Å². The SMILES string of the molecule is Cc1ccccc1CNC(=O)[C@H]1N(C(=O)[C@@H](O)C(Cc2ccccc2)NC(=O)N2CC[C@@H](O)C2)CSC1(C)C. The number of hydrogen-bond donors (Lipinski definition) is 4. The highest BCUT2D eigenvalue weighted by atomic mass is 32.2. The Morgan fingerprint density at radius 1 is 1.10 bits per heavy atom. The second kappa shape index (κ2) is 12.4. The molecule has 2 aliphatic rings. The van der Waals surface area contributed by atoms with Gasteiger partial charge in [0.2, 0.25) is 5.91 Å². The molecule has 0 spiro atoms. The van der Waals surface area contributed by atoms with Gasteiger partial charge < -0.3 is 30.6 Å². The van der Waals surface area contributed by atoms with E-state index in [0.29, 0.717) is 19.5 Å². The minimum Gasteiger partial charge on any atom is -0.391 e. The van der Waals surface area contributed by atoms with E-state index >= 15 is 0 Å². The summed E-state index contributed by atoms with van der Waals surface area (Å²) in [5.74, 6) is -0.648. The van der Waals surface area contributed by atoms with Gasteiger partial charge in [-0.1, -0.05) is 54.6 Å². The maximum absolute atomic E-state index is 13.7. The minimum absolute atomic E-state index is 0.202. The van der Waals surface area contributed by atoms with Gasteiger partial charge in [0.05, 0.1) is 18.0 Å². The number of carbonyl (C=O) groups excluding carboxylic acids is 3. The summed E-state index contributed by atoms with van der Waals surface area (Å²) >= 11 is 1.47. The molecular weight excluding hydrogens is 516 g/mol. The highest BCUT2D eigenvalue weighted by molar-refractivity contribution is 8.00. The number of thioether (sulfide) groups is 1. The van der Waals surface area contributed by atoms with Gasteiger partial charge in [0.1, 0.15) is 6.04 Å². The number of aryl methyl sites for hydroxylation is 1. The molecule has 2 heterocycles. The third-order valence-electron chi connectivity index (χ3n) is 7.48. The molecule has 1 unspecified atom stereocenters. The van der Waals surface area contributed by atoms with E-state index in [1.54, 1.807) is 0 Å². The summed E-state index contributed by atoms with van der Waals surface area (Å²) < 4.78 is -0.574. The lowest BCUT2D eigenvalue weighted by molar-refractivity contribution is -0.147. The summed E-state index contributed by atoms with van der Waals surface area (Å²) in [5.41, 5.74) is 2.90. The van der Waals surface area contributed by atoms with Crippen molar-refractivity contribution in [3.63, 3.8) is 0 Å². The van der Waals surface area contributed by atoms with E-state index in [9.17, 15) is 24.6 Å². The van der Waals surface area contributed by atoms with Gasteiger partial charge in [-0.25, -0.2) is 4.79 Å². The van der Waals surface area contributed by atoms with Crippen molar-refractivity contribution < 1.29 is 24.6 Å². The van der Waals surface area contributed by atoms with Crippen molar-refractivity contribution in [3.05, 3.63) is 71.3 Å². The predicted octanol–water partition coefficient (Wildman–Crippen LogP) is 2.04. The molecule has 2 aliphatic heterocycles. The van der Waals surface area contributed by atoms with E-state index in [1.165, 1.54) is 21.6 Å². The molecule has 0 aliphatic carbocycles. The van der Waals surface area contributed by atoms with Gasteiger partial charge in [-0.15, -0.1) is 11.8 Å². The van der Waals surface area contributed by atoms with Crippen LogP contribution in [0.3, 0.4) is 0 Å². The Kier molecular flexibility index (Phi) is 9.19. The second-order valence-electron chi connectivity index (χ2n) is 10.8. The lowest BCUT2D eigenvalue weighted by atomic mass is 9.97. The van der Waals surface area contributed by atoms with E-state index in [0.717, 1.165) is 16.7 Å². The number of hydrogen-bond acceptors (Lipinski definition) is 6. The summed E-state index contributed by atoms with van der Waals surface area (Å²) in [5, 5.41) is 27.0. The van der Waals surface area contributed by atoms with E-state index in [-0.39, 0.29) is 24.7 Å². The summed E-state index contributed by atoms with van der Waals surface area (Å²) in [4.78, 5) is 43.0. The molecule has 4 atom stereocenters. The molecule has 2 aromatic carbocycles. The number of amides is 4. The topological polar surface area (TPSA) is 122 Å². The molecule has 0 aromatic heterocycles. The lowest BCUT2D eigenvalue weighted by Crippen LogP contribution is -2.59. The number of nitrogens with zero attached hydrogens (tertiary/aromatic N) is 2. The number of urea groups is 1. The zero-order chi connectivity index (χ0) is 28.2. The van der Waals surface area contributed by atoms with Crippen LogP contribution in [-0.2, 0) is 22.6 Å². The molecule has 39 heavy (non-hydrogen) atoms. The highest BCUT2D eigenvalue weighted by Gasteiger charge is 2.49. The summed E-state index contributed by atoms with van der Waals surface area (Å²) in [6, 6.07) is 14.9. The molecule has 0 saturated carbocycles. The van der Waals surface area contributed by atoms with Gasteiger partial charge in [-0.05, 0) is 50.3 Å². The molecule has 9 nitrogen and oxygen atoms in total. The van der Waals surface area contributed by atoms with E-state index in [4.69, 9.17) is 0 Å². The standard InChI is InChI=1S/C29H38N4O5S/c1-19-9-7-8-12-21(19)16-30-26(36)25-29(2,3)39-18-33(25)27(37)24(35)23(15-20-10-5-4-6-11-20)31-28(38)32-14-13-22(34)17-32/h4-12,22-25,34-35H,13-18H2,1-3H3,(H,30,36)(H,31,38)/t22-,23?,24+,25-/m1/s1. The Morgan fingerprint density at radius 3 is 2.46 bits per heavy atom. The average molecular weight is 555 g/mol. The summed E-state index contributed by atoms with van der Waals surface area (Å²) in [6.45, 7) is 6.74. The first-order valence-corrected chi connectivity index (χ1v) is 14.3. The zero-order valence-corrected chi connectivity index (χ0v) is 23.5. The van der Waals surface area contributed by atoms with Crippen LogP contribution in [-0.4, -0.2) is 85.9 Å². The smallest absolute Gasteiger partial charge is 0.317 e. The van der Waals surface area contributed by atoms with Crippen molar-refractivity contribution in [3.8, 4) is 0 Å². The van der Waals surface area contributed by atoms with Crippen molar-refractivity contribution in [2.24, 2.45) is 0 Å². The van der Waals surface area contributed by atoms with Crippen LogP contribution in [0.25, 0.3) is 0 Å². The fourth-order valence-corrected chi connectivity index (χ4v) is 6.27. The molecular formula is C29H38N4O5S. The summed E-state index contributed by atoms with van der Waals surface area (Å²) in [7, 11) is 0. The molecule has 2 fully saturated rings. The van der Waals surface area contributed by atoms with Gasteiger partial charge in [0.15, 0.2) is 6.10 Å². The van der Waals surface area contributed by atoms with Crippen LogP contribution in [0.5, 0.6) is 0 Å². The van der Waals surface area contributed by atoms with E-state index < -0.39 is 41.0 Å². The molecule has 2 aromatic rings. The monoisotopic (exact) mass is 554 g/mol. The number of carbonyl (C=O) groups is 3. The van der Waals surface area contributed by atoms with Crippen LogP contribution in [0.1, 0.15) is 37.0 Å². The Bertz CT molecular complexity index is 1180. The molecule has 2 saturated heterocycles. The average Bonchev–Trinajstić information content (AvgIpc) is 3.49. The first-order chi connectivity index (χ1) is 18.6. The summed E-state index contributed by atoms with van der Waals surface area (Å²) in [6.07, 6.45) is -1.44. The van der Waals surface area contributed by atoms with Crippen molar-refractivity contribution in [1.82, 2.24) is 20.4 Å². The number of β-amino-alcohol motifs (C(OH)–C–C–N with tert-alkyl or cyclic N) is 1. The van der Waals surface area contributed by atoms with Crippen molar-refractivity contribution >= 4 is 29.6 Å². The number of aliphatic hydroxyl groups excluding tert-OH is 2. The second-order valence-corrected chi connectivity index (χ2v) is 12.4. The molecule has 10 heteroatoms. The van der Waals surface area contributed by atoms with E-state index in [2.05, 4.69) is 10.6 Å². The van der Waals surface area contributed by atoms with Gasteiger partial charge >= 0.3 is 6.03 Å². The highest BCUT2D eigenvalue weighted by Crippen LogP contribution is 2.40. The normalized spacial score (nSPS) is 21.9. The van der Waals surface area contributed by atoms with Crippen LogP contribution in [0.4, 0.5) is 4.79 Å². The molecule has 4 N–H and O–H groups in total. The van der Waals surface area contributed by atoms with Crippen LogP contribution >= 0.6 is 11.8 Å². The number of nitrogens with one attached hydrogen (secondary N) is 2. The third-order valence-corrected chi connectivity index (χ3v) is 8.86. The molecule has 4 rings (SSSR count). The fraction of sp³-hybridized carbons (Fsp3) is 0.483. The molecule has 210 valence electrons. The van der Waals surface area contributed by atoms with Crippen molar-refractivity contribution in [1.29, 1.82) is 0 Å². The quantitative estimate of drug-likeness (QED) is 0.396. The van der Waals surface area contributed by atoms with Crippen LogP contribution < -0.4 is 10.6 Å². The molecule has 0 bridgehead atoms. The lowest BCUT2D eigenvalue weighted by Gasteiger charge is -2.33. The number of rotatable bonds is 8. The van der Waals surface area contributed by atoms with Crippen LogP contribution in [0.15, 0.2) is 54.6 Å². The predicted molar refractivity (Wildman–Crippen MR) is 151 cm³/mol. The molecule has 0 radical (unpaired) electrons. The number of benzene rings is 2. The Balaban J connectivity index is 1.50. The number of aliphatic hydroxyl groups is 2. The number of likely N-dealkylation sites (tertiary alicyclic amines) is 1. The van der Waals surface area contributed by atoms with Gasteiger partial charge in [0.25, 0.3) is 5.91 Å². The maximum Gasteiger partial charge on any atom is 0.317 e. The Morgan fingerprint density at radius 2 is 1.79 bits per heavy atom. The first-order valence-electron chi connectivity index (χ1n) is 13.3. The molecule has 4 amide bonds. The maximum atomic E-state index is 13.7. The van der Waals surface area contributed by atoms with Crippen LogP contribution in [0.2, 0.25) is 0 Å². The Hall–Kier alpha value is -3.08. The van der Waals surface area contributed by atoms with Crippen LogP contribution in [0, 0.1) is 6.92 Å². The van der Waals surface area contributed by atoms with Gasteiger partial charge in [0, 0.05) is 24.4 Å². The largest absolute Gasteiger partial charge is 0.391 e. The van der Waals surface area contributed by atoms with Gasteiger partial charge in [-0.2, -0.15) is 0 Å². The van der Waals surface area contributed by atoms with E-state index in [1.807, 2.05) is 75.4 Å². The fourth-order valence-electron chi connectivity index (χ4n) is 5.13. The van der Waals surface area contributed by atoms with Gasteiger partial charge in [-0.3, -0.25) is 9.59 Å². The van der Waals surface area contributed by atoms with Crippen molar-refractivity contribution in [2.45, 2.75) is 69.2 Å².